The lowest BCUT2D eigenvalue weighted by atomic mass is 9.69. The van der Waals surface area contributed by atoms with Crippen molar-refractivity contribution in [3.05, 3.63) is 54.2 Å². The summed E-state index contributed by atoms with van der Waals surface area (Å²) < 4.78 is 2.74. The average molecular weight is 549 g/mol. The van der Waals surface area contributed by atoms with Crippen molar-refractivity contribution >= 4 is 37.2 Å². The molecule has 4 rings (SSSR count). The predicted molar refractivity (Wildman–Crippen MR) is 175 cm³/mol. The van der Waals surface area contributed by atoms with Gasteiger partial charge in [0.25, 0.3) is 0 Å². The minimum absolute atomic E-state index is 0.116. The third kappa shape index (κ3) is 4.79. The summed E-state index contributed by atoms with van der Waals surface area (Å²) in [5.41, 5.74) is 7.39. The van der Waals surface area contributed by atoms with E-state index >= 15 is 0 Å². The Kier molecular flexibility index (Phi) is 9.12. The van der Waals surface area contributed by atoms with Crippen LogP contribution >= 0.6 is 15.8 Å². The van der Waals surface area contributed by atoms with E-state index in [1.807, 2.05) is 0 Å². The van der Waals surface area contributed by atoms with Crippen LogP contribution in [0.4, 0.5) is 0 Å². The summed E-state index contributed by atoms with van der Waals surface area (Å²) in [4.78, 5) is 0. The van der Waals surface area contributed by atoms with Crippen molar-refractivity contribution in [2.24, 2.45) is 0 Å². The molecule has 1 aliphatic rings. The van der Waals surface area contributed by atoms with Gasteiger partial charge in [0.05, 0.1) is 10.9 Å². The van der Waals surface area contributed by atoms with E-state index in [2.05, 4.69) is 129 Å². The minimum atomic E-state index is -0.237. The molecule has 0 saturated heterocycles. The highest BCUT2D eigenvalue weighted by Gasteiger charge is 2.51. The second-order valence-electron chi connectivity index (χ2n) is 12.5. The van der Waals surface area contributed by atoms with Crippen LogP contribution in [0.15, 0.2) is 48.7 Å². The quantitative estimate of drug-likeness (QED) is 0.185. The average Bonchev–Trinajstić information content (AvgIpc) is 2.86. The monoisotopic (exact) mass is 548 g/mol. The highest BCUT2D eigenvalue weighted by Crippen LogP contribution is 2.52. The number of rotatable bonds is 9. The summed E-state index contributed by atoms with van der Waals surface area (Å²) in [6, 6.07) is 17.4. The van der Waals surface area contributed by atoms with E-state index in [1.165, 1.54) is 28.5 Å². The number of aromatic nitrogens is 1. The molecule has 0 bridgehead atoms. The zero-order chi connectivity index (χ0) is 27.9. The van der Waals surface area contributed by atoms with Gasteiger partial charge in [-0.2, -0.15) is 4.57 Å². The van der Waals surface area contributed by atoms with Gasteiger partial charge in [-0.1, -0.05) is 116 Å². The van der Waals surface area contributed by atoms with Gasteiger partial charge in [0, 0.05) is 30.2 Å². The summed E-state index contributed by atoms with van der Waals surface area (Å²) in [6.07, 6.45) is 5.96. The standard InChI is InChI=1S/C35H52NP2/c1-12-32-28-19-18-27(37(23(4)5)24(6)7)22-31(28)34-30-16-15-17-33(38(25(8)9)26(10)11)29(30)20-21-36(34)35(32,13-2)14-3/h15-26,32H,12-14H2,1-11H3/q+1. The van der Waals surface area contributed by atoms with E-state index in [9.17, 15) is 0 Å². The molecule has 2 aromatic carbocycles. The number of hydrogen-bond acceptors (Lipinski definition) is 0. The Morgan fingerprint density at radius 1 is 0.737 bits per heavy atom. The Morgan fingerprint density at radius 3 is 1.87 bits per heavy atom. The van der Waals surface area contributed by atoms with Gasteiger partial charge in [-0.05, 0) is 57.4 Å². The molecule has 3 aromatic rings. The van der Waals surface area contributed by atoms with Gasteiger partial charge >= 0.3 is 0 Å². The van der Waals surface area contributed by atoms with E-state index < -0.39 is 0 Å². The molecule has 206 valence electrons. The van der Waals surface area contributed by atoms with Crippen LogP contribution in [0.25, 0.3) is 22.0 Å². The molecule has 2 heterocycles. The van der Waals surface area contributed by atoms with Gasteiger partial charge in [-0.25, -0.2) is 0 Å². The molecule has 0 N–H and O–H groups in total. The smallest absolute Gasteiger partial charge is 0.192 e. The van der Waals surface area contributed by atoms with Gasteiger partial charge < -0.3 is 0 Å². The van der Waals surface area contributed by atoms with Crippen LogP contribution in [-0.2, 0) is 5.54 Å². The number of pyridine rings is 1. The summed E-state index contributed by atoms with van der Waals surface area (Å²) in [6.45, 7) is 26.6. The van der Waals surface area contributed by atoms with Crippen molar-refractivity contribution in [1.29, 1.82) is 0 Å². The maximum Gasteiger partial charge on any atom is 0.221 e. The molecule has 1 atom stereocenters. The molecular weight excluding hydrogens is 496 g/mol. The summed E-state index contributed by atoms with van der Waals surface area (Å²) >= 11 is 0. The maximum absolute atomic E-state index is 2.74. The first kappa shape index (κ1) is 29.7. The molecule has 1 unspecified atom stereocenters. The Morgan fingerprint density at radius 2 is 1.34 bits per heavy atom. The first-order chi connectivity index (χ1) is 18.0. The summed E-state index contributed by atoms with van der Waals surface area (Å²) in [7, 11) is -0.448. The molecule has 0 amide bonds. The molecule has 3 heteroatoms. The maximum atomic E-state index is 2.74. The van der Waals surface area contributed by atoms with Crippen molar-refractivity contribution in [3.8, 4) is 11.3 Å². The lowest BCUT2D eigenvalue weighted by molar-refractivity contribution is -0.761. The van der Waals surface area contributed by atoms with Crippen LogP contribution in [0.3, 0.4) is 0 Å². The fourth-order valence-corrected chi connectivity index (χ4v) is 13.8. The SMILES string of the molecule is CCC1c2ccc(P(C(C)C)C(C)C)cc2-c2c3cccc(P(C(C)C)C(C)C)c3cc[n+]2C1(CC)CC. The molecule has 0 radical (unpaired) electrons. The van der Waals surface area contributed by atoms with Crippen molar-refractivity contribution in [3.63, 3.8) is 0 Å². The van der Waals surface area contributed by atoms with Gasteiger partial charge in [0.2, 0.25) is 5.69 Å². The van der Waals surface area contributed by atoms with E-state index in [0.717, 1.165) is 12.8 Å². The largest absolute Gasteiger partial charge is 0.221 e. The second kappa shape index (κ2) is 11.7. The minimum Gasteiger partial charge on any atom is -0.192 e. The zero-order valence-corrected chi connectivity index (χ0v) is 27.8. The molecule has 1 aromatic heterocycles. The lowest BCUT2D eigenvalue weighted by Gasteiger charge is -2.41. The van der Waals surface area contributed by atoms with Crippen LogP contribution in [0, 0.1) is 0 Å². The topological polar surface area (TPSA) is 3.88 Å². The summed E-state index contributed by atoms with van der Waals surface area (Å²) in [5, 5.41) is 6.10. The van der Waals surface area contributed by atoms with Crippen molar-refractivity contribution in [1.82, 2.24) is 0 Å². The van der Waals surface area contributed by atoms with Gasteiger partial charge in [-0.3, -0.25) is 0 Å². The van der Waals surface area contributed by atoms with Crippen molar-refractivity contribution in [2.75, 3.05) is 0 Å². The highest BCUT2D eigenvalue weighted by atomic mass is 31.1. The van der Waals surface area contributed by atoms with Crippen molar-refractivity contribution < 1.29 is 4.57 Å². The fourth-order valence-electron chi connectivity index (χ4n) is 7.86. The van der Waals surface area contributed by atoms with Crippen LogP contribution < -0.4 is 15.2 Å². The Balaban J connectivity index is 2.12. The van der Waals surface area contributed by atoms with Gasteiger partial charge in [0.1, 0.15) is 0 Å². The van der Waals surface area contributed by atoms with E-state index in [1.54, 1.807) is 16.2 Å². The molecular formula is C35H52NP2+. The first-order valence-corrected chi connectivity index (χ1v) is 18.2. The summed E-state index contributed by atoms with van der Waals surface area (Å²) in [5.74, 6) is 0.535. The number of fused-ring (bicyclic) bond motifs is 5. The molecule has 0 saturated carbocycles. The third-order valence-corrected chi connectivity index (χ3v) is 15.5. The van der Waals surface area contributed by atoms with Crippen LogP contribution in [0.5, 0.6) is 0 Å². The van der Waals surface area contributed by atoms with Crippen LogP contribution in [0.2, 0.25) is 0 Å². The Labute approximate surface area is 236 Å². The van der Waals surface area contributed by atoms with E-state index in [4.69, 9.17) is 0 Å². The molecule has 0 aliphatic carbocycles. The highest BCUT2D eigenvalue weighted by molar-refractivity contribution is 7.67. The lowest BCUT2D eigenvalue weighted by Crippen LogP contribution is -2.62. The normalized spacial score (nSPS) is 16.9. The third-order valence-electron chi connectivity index (χ3n) is 9.20. The predicted octanol–water partition coefficient (Wildman–Crippen LogP) is 9.66. The molecule has 1 aliphatic heterocycles. The van der Waals surface area contributed by atoms with E-state index in [0.29, 0.717) is 28.6 Å². The van der Waals surface area contributed by atoms with Crippen molar-refractivity contribution in [2.45, 2.75) is 130 Å². The Hall–Kier alpha value is -1.29. The van der Waals surface area contributed by atoms with Gasteiger partial charge in [0.15, 0.2) is 11.7 Å². The Bertz CT molecular complexity index is 1250. The second-order valence-corrected chi connectivity index (χ2v) is 19.3. The van der Waals surface area contributed by atoms with Crippen LogP contribution in [0.1, 0.15) is 107 Å². The fraction of sp³-hybridized carbons (Fsp3) is 0.571. The number of nitrogens with zero attached hydrogens (tertiary/aromatic N) is 1. The number of hydrogen-bond donors (Lipinski definition) is 0. The molecule has 38 heavy (non-hydrogen) atoms. The molecule has 1 nitrogen and oxygen atoms in total. The zero-order valence-electron chi connectivity index (χ0n) is 26.0. The first-order valence-electron chi connectivity index (χ1n) is 15.2. The van der Waals surface area contributed by atoms with E-state index in [-0.39, 0.29) is 21.4 Å². The molecule has 0 spiro atoms. The molecule has 0 fully saturated rings. The van der Waals surface area contributed by atoms with Crippen LogP contribution in [-0.4, -0.2) is 22.6 Å². The number of benzene rings is 2. The van der Waals surface area contributed by atoms with Gasteiger partial charge in [-0.15, -0.1) is 0 Å².